The fourth-order valence-corrected chi connectivity index (χ4v) is 0.648. The zero-order valence-electron chi connectivity index (χ0n) is 6.18. The van der Waals surface area contributed by atoms with E-state index in [1.807, 2.05) is 0 Å². The molecule has 0 aromatic carbocycles. The maximum atomic E-state index is 11.6. The molecule has 1 heterocycles. The van der Waals surface area contributed by atoms with Crippen LogP contribution in [0.5, 0.6) is 5.88 Å². The Bertz CT molecular complexity index is 358. The zero-order valence-corrected chi connectivity index (χ0v) is 6.18. The summed E-state index contributed by atoms with van der Waals surface area (Å²) in [5.41, 5.74) is 4.18. The molecule has 1 rings (SSSR count). The van der Waals surface area contributed by atoms with Gasteiger partial charge in [-0.05, 0) is 0 Å². The highest BCUT2D eigenvalue weighted by Gasteiger charge is 2.31. The van der Waals surface area contributed by atoms with Crippen molar-refractivity contribution in [2.24, 2.45) is 0 Å². The summed E-state index contributed by atoms with van der Waals surface area (Å²) < 4.78 is 38.2. The number of halogens is 3. The third-order valence-electron chi connectivity index (χ3n) is 1.14. The van der Waals surface area contributed by atoms with Crippen LogP contribution in [-0.4, -0.2) is 11.3 Å². The Kier molecular flexibility index (Phi) is 2.18. The van der Waals surface area contributed by atoms with Gasteiger partial charge in [0.2, 0.25) is 11.3 Å². The molecule has 0 aliphatic rings. The lowest BCUT2D eigenvalue weighted by atomic mass is 10.4. The number of aromatic amines is 1. The van der Waals surface area contributed by atoms with Gasteiger partial charge in [-0.1, -0.05) is 0 Å². The molecule has 13 heavy (non-hydrogen) atoms. The molecule has 72 valence electrons. The minimum Gasteiger partial charge on any atom is -0.394 e. The summed E-state index contributed by atoms with van der Waals surface area (Å²) in [6.07, 6.45) is -3.89. The largest absolute Gasteiger partial charge is 0.574 e. The number of nitrogens with two attached hydrogens (primary N) is 1. The Balaban J connectivity index is 2.93. The van der Waals surface area contributed by atoms with Crippen LogP contribution in [0.15, 0.2) is 17.1 Å². The number of pyridine rings is 1. The van der Waals surface area contributed by atoms with E-state index >= 15 is 0 Å². The average molecular weight is 194 g/mol. The van der Waals surface area contributed by atoms with Crippen molar-refractivity contribution in [3.8, 4) is 5.88 Å². The minimum atomic E-state index is -4.82. The molecule has 4 nitrogen and oxygen atoms in total. The summed E-state index contributed by atoms with van der Waals surface area (Å²) in [7, 11) is 0. The fraction of sp³-hybridized carbons (Fsp3) is 0.167. The van der Waals surface area contributed by atoms with Crippen molar-refractivity contribution in [3.63, 3.8) is 0 Å². The van der Waals surface area contributed by atoms with Crippen LogP contribution in [0, 0.1) is 0 Å². The number of nitrogen functional groups attached to an aromatic ring is 1. The standard InChI is InChI=1S/C6H5F3N2O2/c7-6(8,9)13-5-1-4(12)3(10)2-11-5/h1-2H,10H2,(H,11,12). The molecule has 1 aromatic rings. The smallest absolute Gasteiger partial charge is 0.394 e. The number of alkyl halides is 3. The van der Waals surface area contributed by atoms with Gasteiger partial charge >= 0.3 is 6.36 Å². The Morgan fingerprint density at radius 1 is 1.46 bits per heavy atom. The van der Waals surface area contributed by atoms with E-state index in [0.29, 0.717) is 6.07 Å². The first kappa shape index (κ1) is 9.43. The lowest BCUT2D eigenvalue weighted by Gasteiger charge is -2.07. The van der Waals surface area contributed by atoms with Crippen molar-refractivity contribution >= 4 is 5.69 Å². The van der Waals surface area contributed by atoms with Gasteiger partial charge in [0.1, 0.15) is 0 Å². The number of nitrogens with one attached hydrogen (secondary N) is 1. The van der Waals surface area contributed by atoms with Gasteiger partial charge in [-0.3, -0.25) is 4.79 Å². The van der Waals surface area contributed by atoms with Crippen LogP contribution >= 0.6 is 0 Å². The molecule has 3 N–H and O–H groups in total. The molecule has 7 heteroatoms. The van der Waals surface area contributed by atoms with Gasteiger partial charge in [-0.2, -0.15) is 0 Å². The second-order valence-corrected chi connectivity index (χ2v) is 2.16. The molecule has 0 bridgehead atoms. The third-order valence-corrected chi connectivity index (χ3v) is 1.14. The van der Waals surface area contributed by atoms with Crippen LogP contribution in [0.4, 0.5) is 18.9 Å². The molecule has 0 spiro atoms. The maximum absolute atomic E-state index is 11.6. The van der Waals surface area contributed by atoms with E-state index in [1.165, 1.54) is 0 Å². The fourth-order valence-electron chi connectivity index (χ4n) is 0.648. The van der Waals surface area contributed by atoms with E-state index in [4.69, 9.17) is 5.73 Å². The molecule has 0 atom stereocenters. The van der Waals surface area contributed by atoms with Gasteiger partial charge in [0.05, 0.1) is 5.69 Å². The number of rotatable bonds is 1. The molecule has 1 aromatic heterocycles. The molecule has 0 saturated heterocycles. The Labute approximate surface area is 70.1 Å². The van der Waals surface area contributed by atoms with Crippen molar-refractivity contribution < 1.29 is 17.9 Å². The number of aromatic nitrogens is 1. The number of hydrogen-bond acceptors (Lipinski definition) is 3. The second kappa shape index (κ2) is 3.00. The molecule has 0 aliphatic heterocycles. The zero-order chi connectivity index (χ0) is 10.1. The third kappa shape index (κ3) is 2.69. The topological polar surface area (TPSA) is 68.1 Å². The summed E-state index contributed by atoms with van der Waals surface area (Å²) in [6.45, 7) is 0. The van der Waals surface area contributed by atoms with Crippen LogP contribution in [0.25, 0.3) is 0 Å². The molecular weight excluding hydrogens is 189 g/mol. The molecule has 0 amide bonds. The van der Waals surface area contributed by atoms with Gasteiger partial charge in [-0.15, -0.1) is 13.2 Å². The number of anilines is 1. The number of ether oxygens (including phenoxy) is 1. The van der Waals surface area contributed by atoms with E-state index in [0.717, 1.165) is 6.20 Å². The first-order chi connectivity index (χ1) is 5.88. The van der Waals surface area contributed by atoms with Gasteiger partial charge in [0.25, 0.3) is 0 Å². The lowest BCUT2D eigenvalue weighted by Crippen LogP contribution is -2.19. The van der Waals surface area contributed by atoms with Crippen molar-refractivity contribution in [1.29, 1.82) is 0 Å². The van der Waals surface area contributed by atoms with Crippen LogP contribution in [-0.2, 0) is 0 Å². The first-order valence-corrected chi connectivity index (χ1v) is 3.12. The Morgan fingerprint density at radius 3 is 2.54 bits per heavy atom. The Morgan fingerprint density at radius 2 is 2.08 bits per heavy atom. The van der Waals surface area contributed by atoms with E-state index in [1.54, 1.807) is 0 Å². The predicted molar refractivity (Wildman–Crippen MR) is 38.2 cm³/mol. The predicted octanol–water partition coefficient (Wildman–Crippen LogP) is 0.856. The van der Waals surface area contributed by atoms with Crippen LogP contribution in [0.1, 0.15) is 0 Å². The number of H-pyrrole nitrogens is 1. The lowest BCUT2D eigenvalue weighted by molar-refractivity contribution is -0.276. The summed E-state index contributed by atoms with van der Waals surface area (Å²) >= 11 is 0. The highest BCUT2D eigenvalue weighted by molar-refractivity contribution is 5.36. The monoisotopic (exact) mass is 194 g/mol. The Hall–Kier alpha value is -1.66. The minimum absolute atomic E-state index is 0.172. The van der Waals surface area contributed by atoms with Crippen molar-refractivity contribution in [2.75, 3.05) is 5.73 Å². The SMILES string of the molecule is Nc1c[nH]c(OC(F)(F)F)cc1=O. The van der Waals surface area contributed by atoms with Gasteiger partial charge in [0.15, 0.2) is 0 Å². The van der Waals surface area contributed by atoms with Gasteiger partial charge < -0.3 is 15.5 Å². The second-order valence-electron chi connectivity index (χ2n) is 2.16. The van der Waals surface area contributed by atoms with Crippen molar-refractivity contribution in [1.82, 2.24) is 4.98 Å². The molecule has 0 saturated carbocycles. The van der Waals surface area contributed by atoms with Crippen LogP contribution in [0.2, 0.25) is 0 Å². The highest BCUT2D eigenvalue weighted by Crippen LogP contribution is 2.19. The summed E-state index contributed by atoms with van der Waals surface area (Å²) in [4.78, 5) is 12.8. The molecule has 0 unspecified atom stereocenters. The summed E-state index contributed by atoms with van der Waals surface area (Å²) in [5, 5.41) is 0. The first-order valence-electron chi connectivity index (χ1n) is 3.12. The van der Waals surface area contributed by atoms with E-state index < -0.39 is 17.7 Å². The van der Waals surface area contributed by atoms with Gasteiger partial charge in [-0.25, -0.2) is 0 Å². The molecule has 0 aliphatic carbocycles. The highest BCUT2D eigenvalue weighted by atomic mass is 19.4. The quantitative estimate of drug-likeness (QED) is 0.696. The van der Waals surface area contributed by atoms with E-state index in [2.05, 4.69) is 9.72 Å². The average Bonchev–Trinajstić information content (AvgIpc) is 1.94. The van der Waals surface area contributed by atoms with Crippen LogP contribution in [0.3, 0.4) is 0 Å². The van der Waals surface area contributed by atoms with E-state index in [9.17, 15) is 18.0 Å². The molecule has 0 fully saturated rings. The summed E-state index contributed by atoms with van der Waals surface area (Å²) in [6, 6.07) is 0.628. The molecule has 0 radical (unpaired) electrons. The van der Waals surface area contributed by atoms with Crippen LogP contribution < -0.4 is 15.9 Å². The maximum Gasteiger partial charge on any atom is 0.574 e. The van der Waals surface area contributed by atoms with Gasteiger partial charge in [0, 0.05) is 12.3 Å². The van der Waals surface area contributed by atoms with Crippen molar-refractivity contribution in [3.05, 3.63) is 22.5 Å². The van der Waals surface area contributed by atoms with E-state index in [-0.39, 0.29) is 5.69 Å². The normalized spacial score (nSPS) is 11.3. The summed E-state index contributed by atoms with van der Waals surface area (Å²) in [5.74, 6) is -0.688. The molecular formula is C6H5F3N2O2. The van der Waals surface area contributed by atoms with Crippen molar-refractivity contribution in [2.45, 2.75) is 6.36 Å². The number of hydrogen-bond donors (Lipinski definition) is 2.